The van der Waals surface area contributed by atoms with Crippen molar-refractivity contribution in [3.63, 3.8) is 0 Å². The number of aliphatic hydroxyl groups excluding tert-OH is 3. The van der Waals surface area contributed by atoms with Crippen molar-refractivity contribution in [2.75, 3.05) is 0 Å². The molecule has 7 nitrogen and oxygen atoms in total. The molecule has 0 radical (unpaired) electrons. The number of ether oxygens (including phenoxy) is 2. The van der Waals surface area contributed by atoms with Crippen LogP contribution in [0, 0.1) is 6.92 Å². The molecule has 0 amide bonds. The second-order valence-corrected chi connectivity index (χ2v) is 5.99. The van der Waals surface area contributed by atoms with Gasteiger partial charge in [0, 0.05) is 11.3 Å². The van der Waals surface area contributed by atoms with Gasteiger partial charge >= 0.3 is 5.63 Å². The highest BCUT2D eigenvalue weighted by molar-refractivity contribution is 5.41. The minimum absolute atomic E-state index is 0.421. The topological polar surface area (TPSA) is 109 Å². The molecule has 0 saturated carbocycles. The van der Waals surface area contributed by atoms with Gasteiger partial charge in [0.15, 0.2) is 6.29 Å². The molecule has 0 aromatic carbocycles. The second-order valence-electron chi connectivity index (χ2n) is 5.99. The average molecular weight is 324 g/mol. The van der Waals surface area contributed by atoms with Crippen LogP contribution in [0.3, 0.4) is 0 Å². The van der Waals surface area contributed by atoms with Crippen LogP contribution in [0.5, 0.6) is 0 Å². The van der Waals surface area contributed by atoms with Crippen LogP contribution in [0.25, 0.3) is 12.2 Å². The van der Waals surface area contributed by atoms with Crippen LogP contribution in [-0.2, 0) is 9.47 Å². The first-order chi connectivity index (χ1) is 10.9. The highest BCUT2D eigenvalue weighted by Crippen LogP contribution is 2.23. The molecule has 6 unspecified atom stereocenters. The van der Waals surface area contributed by atoms with Crippen molar-refractivity contribution in [1.29, 1.82) is 0 Å². The van der Waals surface area contributed by atoms with Crippen molar-refractivity contribution in [3.05, 3.63) is 32.7 Å². The summed E-state index contributed by atoms with van der Waals surface area (Å²) in [5.41, 5.74) is 0.810. The number of aryl methyl sites for hydroxylation is 1. The lowest BCUT2D eigenvalue weighted by Crippen LogP contribution is -2.58. The number of aliphatic hydroxyl groups is 3. The first-order valence-corrected chi connectivity index (χ1v) is 7.54. The lowest BCUT2D eigenvalue weighted by atomic mass is 10.00. The summed E-state index contributed by atoms with van der Waals surface area (Å²) in [6, 6.07) is 1.43. The van der Waals surface area contributed by atoms with Gasteiger partial charge in [-0.1, -0.05) is 6.08 Å². The van der Waals surface area contributed by atoms with Crippen molar-refractivity contribution in [2.24, 2.45) is 0 Å². The molecule has 126 valence electrons. The summed E-state index contributed by atoms with van der Waals surface area (Å²) >= 11 is 0. The van der Waals surface area contributed by atoms with Gasteiger partial charge in [0.25, 0.3) is 0 Å². The molecule has 3 N–H and O–H groups in total. The van der Waals surface area contributed by atoms with E-state index in [1.165, 1.54) is 6.07 Å². The Morgan fingerprint density at radius 2 is 1.96 bits per heavy atom. The summed E-state index contributed by atoms with van der Waals surface area (Å²) in [6.07, 6.45) is -2.03. The maximum Gasteiger partial charge on any atom is 0.336 e. The zero-order valence-corrected chi connectivity index (χ0v) is 12.9. The molecule has 1 fully saturated rings. The third kappa shape index (κ3) is 3.11. The standard InChI is InChI=1S/C16H20O7/c1-7-5-12(17)23-11-6-9(3-4-10(7)11)22-16-15(20)14(19)13(18)8(2)21-16/h4-6,8-9,13-16,18-20H,3H2,1-2H3. The second kappa shape index (κ2) is 6.18. The molecule has 0 spiro atoms. The van der Waals surface area contributed by atoms with Gasteiger partial charge in [-0.15, -0.1) is 0 Å². The molecular formula is C16H20O7. The lowest BCUT2D eigenvalue weighted by molar-refractivity contribution is -0.298. The molecule has 2 aliphatic rings. The van der Waals surface area contributed by atoms with Crippen molar-refractivity contribution in [1.82, 2.24) is 0 Å². The summed E-state index contributed by atoms with van der Waals surface area (Å²) in [4.78, 5) is 11.5. The fourth-order valence-electron chi connectivity index (χ4n) is 2.89. The van der Waals surface area contributed by atoms with Crippen LogP contribution in [0.15, 0.2) is 15.3 Å². The molecule has 1 aliphatic carbocycles. The fraction of sp³-hybridized carbons (Fsp3) is 0.562. The SMILES string of the molecule is Cc1cc(=O)oc2c1=CCC(OC1OC(C)C(O)C(O)C1O)C=2. The van der Waals surface area contributed by atoms with E-state index in [4.69, 9.17) is 13.9 Å². The monoisotopic (exact) mass is 324 g/mol. The molecule has 7 heteroatoms. The van der Waals surface area contributed by atoms with E-state index in [-0.39, 0.29) is 0 Å². The minimum Gasteiger partial charge on any atom is -0.423 e. The van der Waals surface area contributed by atoms with Gasteiger partial charge in [-0.3, -0.25) is 0 Å². The van der Waals surface area contributed by atoms with Crippen molar-refractivity contribution in [2.45, 2.75) is 57.1 Å². The van der Waals surface area contributed by atoms with E-state index in [0.717, 1.165) is 10.8 Å². The van der Waals surface area contributed by atoms with Crippen molar-refractivity contribution < 1.29 is 29.2 Å². The molecule has 1 aromatic heterocycles. The highest BCUT2D eigenvalue weighted by Gasteiger charge is 2.43. The van der Waals surface area contributed by atoms with Crippen molar-refractivity contribution >= 4 is 12.2 Å². The van der Waals surface area contributed by atoms with Crippen LogP contribution < -0.4 is 16.3 Å². The summed E-state index contributed by atoms with van der Waals surface area (Å²) in [5.74, 6) is 0. The Labute approximate surface area is 132 Å². The van der Waals surface area contributed by atoms with Gasteiger partial charge in [-0.05, 0) is 31.9 Å². The summed E-state index contributed by atoms with van der Waals surface area (Å²) in [6.45, 7) is 3.42. The van der Waals surface area contributed by atoms with E-state index >= 15 is 0 Å². The van der Waals surface area contributed by atoms with Gasteiger partial charge in [0.2, 0.25) is 0 Å². The van der Waals surface area contributed by atoms with Crippen molar-refractivity contribution in [3.8, 4) is 0 Å². The largest absolute Gasteiger partial charge is 0.423 e. The predicted octanol–water partition coefficient (Wildman–Crippen LogP) is -1.87. The molecule has 2 heterocycles. The lowest BCUT2D eigenvalue weighted by Gasteiger charge is -2.40. The number of rotatable bonds is 2. The van der Waals surface area contributed by atoms with E-state index in [9.17, 15) is 20.1 Å². The zero-order chi connectivity index (χ0) is 16.7. The van der Waals surface area contributed by atoms with Gasteiger partial charge < -0.3 is 29.2 Å². The van der Waals surface area contributed by atoms with Gasteiger partial charge in [-0.2, -0.15) is 0 Å². The van der Waals surface area contributed by atoms with E-state index in [0.29, 0.717) is 11.8 Å². The Morgan fingerprint density at radius 3 is 2.70 bits per heavy atom. The predicted molar refractivity (Wildman–Crippen MR) is 79.7 cm³/mol. The third-order valence-corrected chi connectivity index (χ3v) is 4.24. The zero-order valence-electron chi connectivity index (χ0n) is 12.9. The molecule has 1 saturated heterocycles. The van der Waals surface area contributed by atoms with Crippen LogP contribution in [0.1, 0.15) is 18.9 Å². The normalized spacial score (nSPS) is 36.7. The summed E-state index contributed by atoms with van der Waals surface area (Å²) in [5, 5.41) is 30.3. The van der Waals surface area contributed by atoms with Gasteiger partial charge in [0.05, 0.1) is 12.2 Å². The molecule has 1 aromatic rings. The maximum absolute atomic E-state index is 11.5. The minimum atomic E-state index is -1.36. The number of hydrogen-bond donors (Lipinski definition) is 3. The maximum atomic E-state index is 11.5. The quantitative estimate of drug-likeness (QED) is 0.584. The summed E-state index contributed by atoms with van der Waals surface area (Å²) in [7, 11) is 0. The Balaban J connectivity index is 1.82. The molecular weight excluding hydrogens is 304 g/mol. The average Bonchev–Trinajstić information content (AvgIpc) is 2.50. The molecule has 23 heavy (non-hydrogen) atoms. The third-order valence-electron chi connectivity index (χ3n) is 4.24. The Bertz CT molecular complexity index is 753. The fourth-order valence-corrected chi connectivity index (χ4v) is 2.89. The van der Waals surface area contributed by atoms with Crippen LogP contribution in [0.4, 0.5) is 0 Å². The highest BCUT2D eigenvalue weighted by atomic mass is 16.7. The van der Waals surface area contributed by atoms with E-state index in [1.807, 2.05) is 13.0 Å². The van der Waals surface area contributed by atoms with Gasteiger partial charge in [-0.25, -0.2) is 4.79 Å². The van der Waals surface area contributed by atoms with Gasteiger partial charge in [0.1, 0.15) is 23.7 Å². The first-order valence-electron chi connectivity index (χ1n) is 7.54. The molecule has 1 aliphatic heterocycles. The number of fused-ring (bicyclic) bond motifs is 1. The number of hydrogen-bond acceptors (Lipinski definition) is 7. The van der Waals surface area contributed by atoms with E-state index in [2.05, 4.69) is 0 Å². The first kappa shape index (κ1) is 16.4. The Morgan fingerprint density at radius 1 is 1.22 bits per heavy atom. The van der Waals surface area contributed by atoms with Crippen LogP contribution >= 0.6 is 0 Å². The van der Waals surface area contributed by atoms with E-state index < -0.39 is 42.4 Å². The Hall–Kier alpha value is -1.51. The molecule has 3 rings (SSSR count). The molecule has 0 bridgehead atoms. The van der Waals surface area contributed by atoms with Crippen LogP contribution in [0.2, 0.25) is 0 Å². The van der Waals surface area contributed by atoms with E-state index in [1.54, 1.807) is 13.0 Å². The molecule has 6 atom stereocenters. The van der Waals surface area contributed by atoms with Crippen LogP contribution in [-0.4, -0.2) is 52.1 Å². The summed E-state index contributed by atoms with van der Waals surface area (Å²) < 4.78 is 16.3. The smallest absolute Gasteiger partial charge is 0.336 e. The Kier molecular flexibility index (Phi) is 4.39.